The molecule has 0 spiro atoms. The lowest BCUT2D eigenvalue weighted by Gasteiger charge is -2.02. The van der Waals surface area contributed by atoms with Gasteiger partial charge in [0.05, 0.1) is 5.56 Å². The van der Waals surface area contributed by atoms with Crippen molar-refractivity contribution < 1.29 is 9.26 Å². The largest absolute Gasteiger partial charge is 0.470 e. The van der Waals surface area contributed by atoms with Gasteiger partial charge in [-0.15, -0.1) is 6.58 Å². The van der Waals surface area contributed by atoms with Gasteiger partial charge in [0, 0.05) is 6.42 Å². The molecule has 0 unspecified atom stereocenters. The summed E-state index contributed by atoms with van der Waals surface area (Å²) in [6, 6.07) is 9.97. The smallest absolute Gasteiger partial charge is 0.257 e. The molecule has 0 N–H and O–H groups in total. The van der Waals surface area contributed by atoms with Gasteiger partial charge in [-0.25, -0.2) is 0 Å². The third-order valence-corrected chi connectivity index (χ3v) is 2.53. The van der Waals surface area contributed by atoms with Crippen molar-refractivity contribution in [1.82, 2.24) is 5.16 Å². The topological polar surface area (TPSA) is 35.3 Å². The van der Waals surface area contributed by atoms with Crippen molar-refractivity contribution in [2.45, 2.75) is 20.0 Å². The van der Waals surface area contributed by atoms with E-state index in [4.69, 9.17) is 9.26 Å². The van der Waals surface area contributed by atoms with Gasteiger partial charge in [-0.05, 0) is 17.6 Å². The Morgan fingerprint density at radius 2 is 2.12 bits per heavy atom. The molecule has 2 aromatic rings. The lowest BCUT2D eigenvalue weighted by molar-refractivity contribution is 0.266. The molecule has 0 saturated heterocycles. The summed E-state index contributed by atoms with van der Waals surface area (Å²) in [5.41, 5.74) is 2.06. The van der Waals surface area contributed by atoms with E-state index in [1.165, 1.54) is 0 Å². The Balaban J connectivity index is 2.02. The molecule has 88 valence electrons. The maximum atomic E-state index is 5.61. The minimum atomic E-state index is 0.502. The van der Waals surface area contributed by atoms with Crippen LogP contribution in [0.4, 0.5) is 0 Å². The first-order chi connectivity index (χ1) is 8.31. The van der Waals surface area contributed by atoms with E-state index in [1.807, 2.05) is 37.3 Å². The van der Waals surface area contributed by atoms with Crippen LogP contribution in [0, 0.1) is 6.92 Å². The van der Waals surface area contributed by atoms with Gasteiger partial charge in [-0.3, -0.25) is 0 Å². The normalized spacial score (nSPS) is 10.2. The molecule has 1 heterocycles. The Labute approximate surface area is 101 Å². The predicted octanol–water partition coefficient (Wildman–Crippen LogP) is 3.29. The fourth-order valence-electron chi connectivity index (χ4n) is 1.53. The molecule has 1 aromatic carbocycles. The SMILES string of the molecule is C=CCc1onc(OCc2ccccc2)c1C. The lowest BCUT2D eigenvalue weighted by atomic mass is 10.2. The molecule has 2 rings (SSSR count). The minimum absolute atomic E-state index is 0.502. The maximum absolute atomic E-state index is 5.61. The number of benzene rings is 1. The van der Waals surface area contributed by atoms with Gasteiger partial charge in [0.2, 0.25) is 0 Å². The third-order valence-electron chi connectivity index (χ3n) is 2.53. The van der Waals surface area contributed by atoms with Crippen LogP contribution in [0.15, 0.2) is 47.5 Å². The molecule has 0 aliphatic carbocycles. The molecule has 0 fully saturated rings. The Morgan fingerprint density at radius 1 is 1.35 bits per heavy atom. The quantitative estimate of drug-likeness (QED) is 0.738. The van der Waals surface area contributed by atoms with Crippen LogP contribution in [-0.4, -0.2) is 5.16 Å². The van der Waals surface area contributed by atoms with E-state index in [2.05, 4.69) is 11.7 Å². The van der Waals surface area contributed by atoms with Gasteiger partial charge in [0.25, 0.3) is 5.88 Å². The van der Waals surface area contributed by atoms with Crippen molar-refractivity contribution in [3.8, 4) is 5.88 Å². The monoisotopic (exact) mass is 229 g/mol. The van der Waals surface area contributed by atoms with Gasteiger partial charge >= 0.3 is 0 Å². The fourth-order valence-corrected chi connectivity index (χ4v) is 1.53. The molecular formula is C14H15NO2. The van der Waals surface area contributed by atoms with Crippen LogP contribution in [-0.2, 0) is 13.0 Å². The number of aromatic nitrogens is 1. The van der Waals surface area contributed by atoms with Crippen molar-refractivity contribution in [2.24, 2.45) is 0 Å². The van der Waals surface area contributed by atoms with Crippen LogP contribution in [0.2, 0.25) is 0 Å². The van der Waals surface area contributed by atoms with Gasteiger partial charge < -0.3 is 9.26 Å². The summed E-state index contributed by atoms with van der Waals surface area (Å²) in [6.07, 6.45) is 2.46. The van der Waals surface area contributed by atoms with Crippen molar-refractivity contribution >= 4 is 0 Å². The molecule has 0 saturated carbocycles. The zero-order valence-electron chi connectivity index (χ0n) is 9.85. The van der Waals surface area contributed by atoms with Gasteiger partial charge in [-0.2, -0.15) is 0 Å². The fraction of sp³-hybridized carbons (Fsp3) is 0.214. The molecule has 0 atom stereocenters. The number of allylic oxidation sites excluding steroid dienone is 1. The summed E-state index contributed by atoms with van der Waals surface area (Å²) in [5, 5.41) is 3.90. The second-order valence-corrected chi connectivity index (χ2v) is 3.80. The lowest BCUT2D eigenvalue weighted by Crippen LogP contribution is -1.96. The number of hydrogen-bond acceptors (Lipinski definition) is 3. The zero-order valence-corrected chi connectivity index (χ0v) is 9.85. The minimum Gasteiger partial charge on any atom is -0.470 e. The van der Waals surface area contributed by atoms with E-state index in [9.17, 15) is 0 Å². The molecule has 0 aliphatic rings. The van der Waals surface area contributed by atoms with Crippen LogP contribution >= 0.6 is 0 Å². The van der Waals surface area contributed by atoms with Crippen molar-refractivity contribution in [3.63, 3.8) is 0 Å². The summed E-state index contributed by atoms with van der Waals surface area (Å²) in [4.78, 5) is 0. The summed E-state index contributed by atoms with van der Waals surface area (Å²) < 4.78 is 10.8. The maximum Gasteiger partial charge on any atom is 0.257 e. The summed E-state index contributed by atoms with van der Waals surface area (Å²) in [5.74, 6) is 1.37. The van der Waals surface area contributed by atoms with Gasteiger partial charge in [0.1, 0.15) is 12.4 Å². The number of rotatable bonds is 5. The number of hydrogen-bond donors (Lipinski definition) is 0. The highest BCUT2D eigenvalue weighted by Crippen LogP contribution is 2.21. The van der Waals surface area contributed by atoms with Crippen molar-refractivity contribution in [2.75, 3.05) is 0 Å². The standard InChI is InChI=1S/C14H15NO2/c1-3-7-13-11(2)14(15-17-13)16-10-12-8-5-4-6-9-12/h3-6,8-9H,1,7,10H2,2H3. The summed E-state index contributed by atoms with van der Waals surface area (Å²) in [7, 11) is 0. The summed E-state index contributed by atoms with van der Waals surface area (Å²) >= 11 is 0. The van der Waals surface area contributed by atoms with Gasteiger partial charge in [-0.1, -0.05) is 36.4 Å². The molecule has 0 amide bonds. The highest BCUT2D eigenvalue weighted by Gasteiger charge is 2.11. The summed E-state index contributed by atoms with van der Waals surface area (Å²) in [6.45, 7) is 6.11. The molecule has 3 nitrogen and oxygen atoms in total. The second kappa shape index (κ2) is 5.34. The number of ether oxygens (including phenoxy) is 1. The molecule has 1 aromatic heterocycles. The van der Waals surface area contributed by atoms with E-state index in [0.717, 1.165) is 16.9 Å². The highest BCUT2D eigenvalue weighted by molar-refractivity contribution is 5.28. The number of nitrogens with zero attached hydrogens (tertiary/aromatic N) is 1. The van der Waals surface area contributed by atoms with Crippen LogP contribution in [0.1, 0.15) is 16.9 Å². The third kappa shape index (κ3) is 2.75. The van der Waals surface area contributed by atoms with E-state index in [-0.39, 0.29) is 0 Å². The zero-order chi connectivity index (χ0) is 12.1. The van der Waals surface area contributed by atoms with Gasteiger partial charge in [0.15, 0.2) is 0 Å². The first-order valence-corrected chi connectivity index (χ1v) is 5.54. The van der Waals surface area contributed by atoms with E-state index >= 15 is 0 Å². The highest BCUT2D eigenvalue weighted by atomic mass is 16.5. The average Bonchev–Trinajstić information content (AvgIpc) is 2.70. The molecular weight excluding hydrogens is 214 g/mol. The van der Waals surface area contributed by atoms with Crippen molar-refractivity contribution in [1.29, 1.82) is 0 Å². The molecule has 0 bridgehead atoms. The van der Waals surface area contributed by atoms with E-state index < -0.39 is 0 Å². The Kier molecular flexibility index (Phi) is 3.60. The molecule has 3 heteroatoms. The second-order valence-electron chi connectivity index (χ2n) is 3.80. The molecule has 17 heavy (non-hydrogen) atoms. The first kappa shape index (κ1) is 11.5. The first-order valence-electron chi connectivity index (χ1n) is 5.54. The average molecular weight is 229 g/mol. The Hall–Kier alpha value is -2.03. The molecule has 0 aliphatic heterocycles. The van der Waals surface area contributed by atoms with Crippen LogP contribution < -0.4 is 4.74 Å². The van der Waals surface area contributed by atoms with E-state index in [1.54, 1.807) is 6.08 Å². The van der Waals surface area contributed by atoms with Crippen molar-refractivity contribution in [3.05, 3.63) is 59.9 Å². The predicted molar refractivity (Wildman–Crippen MR) is 65.9 cm³/mol. The molecule has 0 radical (unpaired) electrons. The van der Waals surface area contributed by atoms with E-state index in [0.29, 0.717) is 18.9 Å². The van der Waals surface area contributed by atoms with Crippen LogP contribution in [0.3, 0.4) is 0 Å². The van der Waals surface area contributed by atoms with Crippen LogP contribution in [0.25, 0.3) is 0 Å². The Bertz CT molecular complexity index is 488. The Morgan fingerprint density at radius 3 is 2.82 bits per heavy atom. The van der Waals surface area contributed by atoms with Crippen LogP contribution in [0.5, 0.6) is 5.88 Å².